The lowest BCUT2D eigenvalue weighted by molar-refractivity contribution is 0.477. The Morgan fingerprint density at radius 2 is 2.08 bits per heavy atom. The molecular weight excluding hydrogens is 312 g/mol. The van der Waals surface area contributed by atoms with Crippen LogP contribution in [0, 0.1) is 0 Å². The molecule has 25 heavy (non-hydrogen) atoms. The maximum atomic E-state index is 4.75. The molecule has 130 valence electrons. The topological polar surface area (TPSA) is 59.2 Å². The minimum atomic E-state index is 0.349. The van der Waals surface area contributed by atoms with Crippen LogP contribution in [0.4, 0.5) is 5.82 Å². The third-order valence-electron chi connectivity index (χ3n) is 4.92. The summed E-state index contributed by atoms with van der Waals surface area (Å²) in [7, 11) is 0. The Morgan fingerprint density at radius 1 is 1.20 bits per heavy atom. The molecule has 6 nitrogen and oxygen atoms in total. The van der Waals surface area contributed by atoms with Crippen LogP contribution in [0.15, 0.2) is 30.6 Å². The van der Waals surface area contributed by atoms with Crippen molar-refractivity contribution >= 4 is 11.6 Å². The average molecular weight is 336 g/mol. The van der Waals surface area contributed by atoms with E-state index in [1.54, 1.807) is 12.4 Å². The highest BCUT2D eigenvalue weighted by atomic mass is 15.4. The molecule has 0 radical (unpaired) electrons. The lowest BCUT2D eigenvalue weighted by Gasteiger charge is -2.35. The fourth-order valence-electron chi connectivity index (χ4n) is 3.43. The molecule has 0 saturated carbocycles. The van der Waals surface area contributed by atoms with Crippen molar-refractivity contribution in [3.63, 3.8) is 0 Å². The summed E-state index contributed by atoms with van der Waals surface area (Å²) < 4.78 is 1.90. The summed E-state index contributed by atoms with van der Waals surface area (Å²) in [6.07, 6.45) is 7.28. The van der Waals surface area contributed by atoms with Gasteiger partial charge >= 0.3 is 0 Å². The third kappa shape index (κ3) is 2.97. The van der Waals surface area contributed by atoms with Crippen molar-refractivity contribution in [3.8, 4) is 11.4 Å². The van der Waals surface area contributed by atoms with Gasteiger partial charge in [0.15, 0.2) is 5.82 Å². The SMILES string of the molecule is CC(C)c1cc(N2CCCC[C@H]2C)n2nc(-c3cccnc3)nc2n1. The van der Waals surface area contributed by atoms with Crippen molar-refractivity contribution in [3.05, 3.63) is 36.3 Å². The van der Waals surface area contributed by atoms with Gasteiger partial charge in [0, 0.05) is 36.6 Å². The molecule has 3 aromatic rings. The Hall–Kier alpha value is -2.50. The van der Waals surface area contributed by atoms with E-state index >= 15 is 0 Å². The maximum Gasteiger partial charge on any atom is 0.254 e. The van der Waals surface area contributed by atoms with Crippen LogP contribution in [-0.4, -0.2) is 37.2 Å². The van der Waals surface area contributed by atoms with Crippen molar-refractivity contribution in [1.82, 2.24) is 24.6 Å². The highest BCUT2D eigenvalue weighted by molar-refractivity contribution is 5.58. The van der Waals surface area contributed by atoms with E-state index in [0.29, 0.717) is 23.6 Å². The second-order valence-electron chi connectivity index (χ2n) is 7.12. The first-order chi connectivity index (χ1) is 12.1. The molecular formula is C19H24N6. The highest BCUT2D eigenvalue weighted by Crippen LogP contribution is 2.28. The van der Waals surface area contributed by atoms with Crippen molar-refractivity contribution in [2.24, 2.45) is 0 Å². The highest BCUT2D eigenvalue weighted by Gasteiger charge is 2.23. The minimum Gasteiger partial charge on any atom is -0.354 e. The Balaban J connectivity index is 1.88. The first-order valence-electron chi connectivity index (χ1n) is 9.08. The molecule has 0 N–H and O–H groups in total. The van der Waals surface area contributed by atoms with E-state index in [0.717, 1.165) is 23.6 Å². The van der Waals surface area contributed by atoms with E-state index in [1.165, 1.54) is 19.3 Å². The molecule has 0 aromatic carbocycles. The molecule has 4 heterocycles. The van der Waals surface area contributed by atoms with Crippen LogP contribution < -0.4 is 4.90 Å². The van der Waals surface area contributed by atoms with Crippen molar-refractivity contribution in [2.75, 3.05) is 11.4 Å². The quantitative estimate of drug-likeness (QED) is 0.730. The van der Waals surface area contributed by atoms with Crippen LogP contribution in [0.2, 0.25) is 0 Å². The van der Waals surface area contributed by atoms with Crippen molar-refractivity contribution in [1.29, 1.82) is 0 Å². The zero-order valence-electron chi connectivity index (χ0n) is 15.1. The molecule has 0 aliphatic carbocycles. The molecule has 1 saturated heterocycles. The van der Waals surface area contributed by atoms with Gasteiger partial charge in [-0.15, -0.1) is 5.10 Å². The Morgan fingerprint density at radius 3 is 2.80 bits per heavy atom. The fraction of sp³-hybridized carbons (Fsp3) is 0.474. The molecule has 3 aromatic heterocycles. The van der Waals surface area contributed by atoms with Gasteiger partial charge < -0.3 is 4.90 Å². The number of fused-ring (bicyclic) bond motifs is 1. The lowest BCUT2D eigenvalue weighted by Crippen LogP contribution is -2.38. The molecule has 1 aliphatic rings. The summed E-state index contributed by atoms with van der Waals surface area (Å²) in [5.74, 6) is 2.79. The zero-order chi connectivity index (χ0) is 17.4. The maximum absolute atomic E-state index is 4.75. The number of aromatic nitrogens is 5. The predicted octanol–water partition coefficient (Wildman–Crippen LogP) is 3.69. The number of rotatable bonds is 3. The number of piperidine rings is 1. The lowest BCUT2D eigenvalue weighted by atomic mass is 10.0. The molecule has 1 fully saturated rings. The number of hydrogen-bond donors (Lipinski definition) is 0. The smallest absolute Gasteiger partial charge is 0.254 e. The normalized spacial score (nSPS) is 18.2. The van der Waals surface area contributed by atoms with Crippen LogP contribution in [0.25, 0.3) is 17.2 Å². The predicted molar refractivity (Wildman–Crippen MR) is 98.8 cm³/mol. The van der Waals surface area contributed by atoms with Gasteiger partial charge in [0.2, 0.25) is 0 Å². The molecule has 0 amide bonds. The monoisotopic (exact) mass is 336 g/mol. The van der Waals surface area contributed by atoms with Crippen LogP contribution >= 0.6 is 0 Å². The summed E-state index contributed by atoms with van der Waals surface area (Å²) in [5.41, 5.74) is 1.97. The zero-order valence-corrected chi connectivity index (χ0v) is 15.1. The fourth-order valence-corrected chi connectivity index (χ4v) is 3.43. The van der Waals surface area contributed by atoms with E-state index in [4.69, 9.17) is 10.1 Å². The van der Waals surface area contributed by atoms with Crippen molar-refractivity contribution in [2.45, 2.75) is 52.0 Å². The standard InChI is InChI=1S/C19H24N6/c1-13(2)16-11-17(24-10-5-4-7-14(24)3)25-19(21-16)22-18(23-25)15-8-6-9-20-12-15/h6,8-9,11-14H,4-5,7,10H2,1-3H3/t14-/m1/s1. The van der Waals surface area contributed by atoms with Gasteiger partial charge in [-0.05, 0) is 44.2 Å². The molecule has 0 spiro atoms. The second-order valence-corrected chi connectivity index (χ2v) is 7.12. The van der Waals surface area contributed by atoms with E-state index in [-0.39, 0.29) is 0 Å². The van der Waals surface area contributed by atoms with Gasteiger partial charge in [0.25, 0.3) is 5.78 Å². The molecule has 0 unspecified atom stereocenters. The van der Waals surface area contributed by atoms with Crippen LogP contribution in [0.3, 0.4) is 0 Å². The first kappa shape index (κ1) is 16.0. The van der Waals surface area contributed by atoms with Gasteiger partial charge in [0.1, 0.15) is 5.82 Å². The van der Waals surface area contributed by atoms with Crippen LogP contribution in [-0.2, 0) is 0 Å². The molecule has 1 aliphatic heterocycles. The second kappa shape index (κ2) is 6.43. The molecule has 6 heteroatoms. The Bertz CT molecular complexity index is 870. The molecule has 1 atom stereocenters. The Kier molecular flexibility index (Phi) is 4.11. The number of nitrogens with zero attached hydrogens (tertiary/aromatic N) is 6. The summed E-state index contributed by atoms with van der Waals surface area (Å²) in [6, 6.07) is 6.57. The van der Waals surface area contributed by atoms with E-state index < -0.39 is 0 Å². The summed E-state index contributed by atoms with van der Waals surface area (Å²) in [4.78, 5) is 16.1. The summed E-state index contributed by atoms with van der Waals surface area (Å²) in [6.45, 7) is 7.68. The van der Waals surface area contributed by atoms with Crippen LogP contribution in [0.5, 0.6) is 0 Å². The van der Waals surface area contributed by atoms with Gasteiger partial charge in [0.05, 0.1) is 5.69 Å². The van der Waals surface area contributed by atoms with Crippen molar-refractivity contribution < 1.29 is 0 Å². The van der Waals surface area contributed by atoms with E-state index in [2.05, 4.69) is 41.7 Å². The Labute approximate surface area is 147 Å². The van der Waals surface area contributed by atoms with Gasteiger partial charge in [-0.25, -0.2) is 4.98 Å². The van der Waals surface area contributed by atoms with Gasteiger partial charge in [-0.1, -0.05) is 13.8 Å². The first-order valence-corrected chi connectivity index (χ1v) is 9.08. The van der Waals surface area contributed by atoms with Gasteiger partial charge in [-0.3, -0.25) is 4.98 Å². The van der Waals surface area contributed by atoms with Gasteiger partial charge in [-0.2, -0.15) is 9.50 Å². The summed E-state index contributed by atoms with van der Waals surface area (Å²) in [5, 5.41) is 4.75. The average Bonchev–Trinajstić information content (AvgIpc) is 3.06. The molecule has 0 bridgehead atoms. The van der Waals surface area contributed by atoms with Crippen LogP contribution in [0.1, 0.15) is 51.6 Å². The van der Waals surface area contributed by atoms with E-state index in [1.807, 2.05) is 16.6 Å². The largest absolute Gasteiger partial charge is 0.354 e. The number of anilines is 1. The number of hydrogen-bond acceptors (Lipinski definition) is 5. The number of pyridine rings is 1. The minimum absolute atomic E-state index is 0.349. The third-order valence-corrected chi connectivity index (χ3v) is 4.92. The molecule has 4 rings (SSSR count). The summed E-state index contributed by atoms with van der Waals surface area (Å²) >= 11 is 0. The van der Waals surface area contributed by atoms with E-state index in [9.17, 15) is 0 Å².